The summed E-state index contributed by atoms with van der Waals surface area (Å²) < 4.78 is 7.26. The van der Waals surface area contributed by atoms with Crippen LogP contribution in [0, 0.1) is 0 Å². The van der Waals surface area contributed by atoms with E-state index in [0.29, 0.717) is 0 Å². The van der Waals surface area contributed by atoms with Crippen molar-refractivity contribution in [1.82, 2.24) is 9.97 Å². The third-order valence-electron chi connectivity index (χ3n) is 5.00. The van der Waals surface area contributed by atoms with E-state index in [1.807, 2.05) is 11.6 Å². The molecule has 134 valence electrons. The van der Waals surface area contributed by atoms with E-state index in [9.17, 15) is 0 Å². The van der Waals surface area contributed by atoms with Crippen molar-refractivity contribution in [2.75, 3.05) is 0 Å². The maximum Gasteiger partial charge on any atom is 0.196 e. The molecule has 0 bridgehead atoms. The lowest BCUT2D eigenvalue weighted by Crippen LogP contribution is -2.20. The van der Waals surface area contributed by atoms with Crippen molar-refractivity contribution in [2.45, 2.75) is 51.9 Å². The highest BCUT2D eigenvalue weighted by molar-refractivity contribution is 7.16. The van der Waals surface area contributed by atoms with Crippen molar-refractivity contribution in [3.63, 3.8) is 0 Å². The summed E-state index contributed by atoms with van der Waals surface area (Å²) in [7, 11) is 0. The SMILES string of the molecule is CC(C)(C)c1ccc2oc(CC(C)(C)c3ccc4scnc4c3)nc2c1. The lowest BCUT2D eigenvalue weighted by atomic mass is 9.81. The van der Waals surface area contributed by atoms with Crippen molar-refractivity contribution < 1.29 is 4.42 Å². The number of fused-ring (bicyclic) bond motifs is 2. The predicted molar refractivity (Wildman–Crippen MR) is 109 cm³/mol. The Morgan fingerprint density at radius 2 is 1.65 bits per heavy atom. The second kappa shape index (κ2) is 5.92. The van der Waals surface area contributed by atoms with Gasteiger partial charge in [-0.25, -0.2) is 9.97 Å². The average molecular weight is 365 g/mol. The van der Waals surface area contributed by atoms with Gasteiger partial charge >= 0.3 is 0 Å². The van der Waals surface area contributed by atoms with Crippen molar-refractivity contribution >= 4 is 32.7 Å². The number of nitrogens with zero attached hydrogens (tertiary/aromatic N) is 2. The Kier molecular flexibility index (Phi) is 3.92. The highest BCUT2D eigenvalue weighted by Crippen LogP contribution is 2.32. The van der Waals surface area contributed by atoms with Crippen molar-refractivity contribution in [2.24, 2.45) is 0 Å². The summed E-state index contributed by atoms with van der Waals surface area (Å²) in [5, 5.41) is 0. The van der Waals surface area contributed by atoms with E-state index in [0.717, 1.165) is 28.9 Å². The molecular weight excluding hydrogens is 340 g/mol. The Morgan fingerprint density at radius 1 is 0.923 bits per heavy atom. The van der Waals surface area contributed by atoms with Crippen LogP contribution < -0.4 is 0 Å². The van der Waals surface area contributed by atoms with Crippen LogP contribution in [0.15, 0.2) is 46.3 Å². The number of aromatic nitrogens is 2. The van der Waals surface area contributed by atoms with Crippen molar-refractivity contribution in [1.29, 1.82) is 0 Å². The van der Waals surface area contributed by atoms with Crippen LogP contribution in [0.2, 0.25) is 0 Å². The largest absolute Gasteiger partial charge is 0.441 e. The molecule has 2 heterocycles. The fourth-order valence-electron chi connectivity index (χ4n) is 3.28. The molecule has 2 aromatic heterocycles. The molecule has 0 atom stereocenters. The van der Waals surface area contributed by atoms with E-state index in [1.165, 1.54) is 15.8 Å². The van der Waals surface area contributed by atoms with E-state index >= 15 is 0 Å². The molecule has 3 nitrogen and oxygen atoms in total. The standard InChI is InChI=1S/C22H24N2OS/c1-21(2,3)14-6-8-18-16(10-14)24-20(25-18)12-22(4,5)15-7-9-19-17(11-15)23-13-26-19/h6-11,13H,12H2,1-5H3. The molecule has 0 N–H and O–H groups in total. The number of oxazole rings is 1. The molecule has 0 unspecified atom stereocenters. The molecule has 0 aliphatic heterocycles. The molecule has 4 heteroatoms. The van der Waals surface area contributed by atoms with E-state index < -0.39 is 0 Å². The minimum Gasteiger partial charge on any atom is -0.441 e. The van der Waals surface area contributed by atoms with Gasteiger partial charge in [-0.15, -0.1) is 11.3 Å². The normalized spacial score (nSPS) is 13.0. The summed E-state index contributed by atoms with van der Waals surface area (Å²) >= 11 is 1.67. The zero-order chi connectivity index (χ0) is 18.5. The third-order valence-corrected chi connectivity index (χ3v) is 5.81. The van der Waals surface area contributed by atoms with Gasteiger partial charge in [-0.05, 0) is 46.2 Å². The van der Waals surface area contributed by atoms with Crippen LogP contribution in [0.5, 0.6) is 0 Å². The number of hydrogen-bond acceptors (Lipinski definition) is 4. The van der Waals surface area contributed by atoms with Crippen LogP contribution in [-0.4, -0.2) is 9.97 Å². The second-order valence-electron chi connectivity index (χ2n) is 8.64. The summed E-state index contributed by atoms with van der Waals surface area (Å²) in [6.07, 6.45) is 0.752. The Balaban J connectivity index is 1.66. The van der Waals surface area contributed by atoms with E-state index in [2.05, 4.69) is 69.9 Å². The average Bonchev–Trinajstić information content (AvgIpc) is 3.17. The highest BCUT2D eigenvalue weighted by atomic mass is 32.1. The molecular formula is C22H24N2OS. The Morgan fingerprint density at radius 3 is 2.42 bits per heavy atom. The fraction of sp³-hybridized carbons (Fsp3) is 0.364. The minimum atomic E-state index is -0.0778. The van der Waals surface area contributed by atoms with Crippen molar-refractivity contribution in [3.05, 3.63) is 58.9 Å². The molecule has 4 rings (SSSR count). The van der Waals surface area contributed by atoms with Gasteiger partial charge in [0, 0.05) is 6.42 Å². The van der Waals surface area contributed by atoms with Crippen LogP contribution >= 0.6 is 11.3 Å². The fourth-order valence-corrected chi connectivity index (χ4v) is 3.94. The second-order valence-corrected chi connectivity index (χ2v) is 9.52. The van der Waals surface area contributed by atoms with Gasteiger partial charge in [0.15, 0.2) is 11.5 Å². The third kappa shape index (κ3) is 3.14. The zero-order valence-electron chi connectivity index (χ0n) is 16.0. The van der Waals surface area contributed by atoms with Gasteiger partial charge in [-0.1, -0.05) is 46.8 Å². The molecule has 0 saturated heterocycles. The van der Waals surface area contributed by atoms with Gasteiger partial charge in [0.1, 0.15) is 5.52 Å². The number of thiazole rings is 1. The summed E-state index contributed by atoms with van der Waals surface area (Å²) in [5.41, 5.74) is 7.33. The molecule has 4 aromatic rings. The minimum absolute atomic E-state index is 0.0778. The molecule has 0 radical (unpaired) electrons. The number of hydrogen-bond donors (Lipinski definition) is 0. The first-order valence-electron chi connectivity index (χ1n) is 8.96. The first kappa shape index (κ1) is 17.2. The topological polar surface area (TPSA) is 38.9 Å². The number of benzene rings is 2. The molecule has 0 amide bonds. The summed E-state index contributed by atoms with van der Waals surface area (Å²) in [6, 6.07) is 12.9. The monoisotopic (exact) mass is 364 g/mol. The Hall–Kier alpha value is -2.20. The van der Waals surface area contributed by atoms with E-state index in [1.54, 1.807) is 11.3 Å². The maximum absolute atomic E-state index is 6.04. The number of rotatable bonds is 3. The Bertz CT molecular complexity index is 1080. The molecule has 26 heavy (non-hydrogen) atoms. The zero-order valence-corrected chi connectivity index (χ0v) is 16.8. The van der Waals surface area contributed by atoms with Crippen LogP contribution in [0.25, 0.3) is 21.3 Å². The van der Waals surface area contributed by atoms with Crippen LogP contribution in [0.4, 0.5) is 0 Å². The summed E-state index contributed by atoms with van der Waals surface area (Å²) in [4.78, 5) is 9.22. The molecule has 0 saturated carbocycles. The molecule has 2 aromatic carbocycles. The molecule has 0 aliphatic rings. The van der Waals surface area contributed by atoms with Gasteiger partial charge in [-0.2, -0.15) is 0 Å². The molecule has 0 spiro atoms. The van der Waals surface area contributed by atoms with Crippen LogP contribution in [0.1, 0.15) is 51.6 Å². The van der Waals surface area contributed by atoms with E-state index in [-0.39, 0.29) is 10.8 Å². The Labute approximate surface area is 158 Å². The van der Waals surface area contributed by atoms with Gasteiger partial charge in [-0.3, -0.25) is 0 Å². The van der Waals surface area contributed by atoms with Gasteiger partial charge in [0.2, 0.25) is 0 Å². The first-order valence-corrected chi connectivity index (χ1v) is 9.84. The molecule has 0 aliphatic carbocycles. The maximum atomic E-state index is 6.04. The quantitative estimate of drug-likeness (QED) is 0.431. The predicted octanol–water partition coefficient (Wildman–Crippen LogP) is 6.26. The van der Waals surface area contributed by atoms with Crippen molar-refractivity contribution in [3.8, 4) is 0 Å². The summed E-state index contributed by atoms with van der Waals surface area (Å²) in [6.45, 7) is 11.1. The van der Waals surface area contributed by atoms with Crippen LogP contribution in [0.3, 0.4) is 0 Å². The van der Waals surface area contributed by atoms with Gasteiger partial charge in [0.05, 0.1) is 15.7 Å². The highest BCUT2D eigenvalue weighted by Gasteiger charge is 2.25. The first-order chi connectivity index (χ1) is 12.2. The molecule has 0 fully saturated rings. The lowest BCUT2D eigenvalue weighted by molar-refractivity contribution is 0.434. The summed E-state index contributed by atoms with van der Waals surface area (Å²) in [5.74, 6) is 0.787. The van der Waals surface area contributed by atoms with Gasteiger partial charge < -0.3 is 4.42 Å². The van der Waals surface area contributed by atoms with Crippen LogP contribution in [-0.2, 0) is 17.3 Å². The van der Waals surface area contributed by atoms with E-state index in [4.69, 9.17) is 9.40 Å². The van der Waals surface area contributed by atoms with Gasteiger partial charge in [0.25, 0.3) is 0 Å². The smallest absolute Gasteiger partial charge is 0.196 e. The lowest BCUT2D eigenvalue weighted by Gasteiger charge is -2.23.